The number of nitrogens with one attached hydrogen (secondary N) is 1. The van der Waals surface area contributed by atoms with Gasteiger partial charge in [-0.25, -0.2) is 22.3 Å². The molecule has 21 heavy (non-hydrogen) atoms. The summed E-state index contributed by atoms with van der Waals surface area (Å²) in [4.78, 5) is 11.8. The Kier molecular flexibility index (Phi) is 4.58. The molecule has 1 aromatic rings. The maximum absolute atomic E-state index is 13.6. The van der Waals surface area contributed by atoms with Crippen molar-refractivity contribution in [2.24, 2.45) is 11.1 Å². The Morgan fingerprint density at radius 1 is 1.33 bits per heavy atom. The standard InChI is InChI=1S/C13H16F2N2O3S/c14-10-3-1-4-11(15)12(10)8-7-9(8)13(18)17-5-2-6-21(16,19)20/h1,3-4,8-9H,2,5-7H2,(H,17,18)(H2,16,19,20)/t8-,9-/m0/s1. The summed E-state index contributed by atoms with van der Waals surface area (Å²) in [7, 11) is -3.54. The first-order chi connectivity index (χ1) is 9.79. The van der Waals surface area contributed by atoms with Crippen molar-refractivity contribution in [3.05, 3.63) is 35.4 Å². The van der Waals surface area contributed by atoms with Crippen LogP contribution in [-0.4, -0.2) is 26.6 Å². The van der Waals surface area contributed by atoms with Crippen LogP contribution in [-0.2, 0) is 14.8 Å². The number of amides is 1. The predicted molar refractivity (Wildman–Crippen MR) is 72.8 cm³/mol. The molecule has 2 atom stereocenters. The van der Waals surface area contributed by atoms with Crippen molar-refractivity contribution in [1.29, 1.82) is 0 Å². The second-order valence-electron chi connectivity index (χ2n) is 5.10. The van der Waals surface area contributed by atoms with Crippen LogP contribution in [0.4, 0.5) is 8.78 Å². The first kappa shape index (κ1) is 15.8. The third-order valence-corrected chi connectivity index (χ3v) is 4.26. The molecule has 5 nitrogen and oxygen atoms in total. The number of rotatable bonds is 6. The zero-order chi connectivity index (χ0) is 15.6. The molecule has 116 valence electrons. The Hall–Kier alpha value is -1.54. The van der Waals surface area contributed by atoms with E-state index in [0.29, 0.717) is 6.42 Å². The Balaban J connectivity index is 1.84. The second kappa shape index (κ2) is 6.07. The Bertz CT molecular complexity index is 629. The average molecular weight is 318 g/mol. The van der Waals surface area contributed by atoms with Gasteiger partial charge in [0.1, 0.15) is 11.6 Å². The molecule has 1 aromatic carbocycles. The molecule has 1 aliphatic carbocycles. The fourth-order valence-corrected chi connectivity index (χ4v) is 2.83. The zero-order valence-corrected chi connectivity index (χ0v) is 12.0. The van der Waals surface area contributed by atoms with Gasteiger partial charge in [-0.15, -0.1) is 0 Å². The molecule has 0 unspecified atom stereocenters. The van der Waals surface area contributed by atoms with Crippen LogP contribution < -0.4 is 10.5 Å². The highest BCUT2D eigenvalue weighted by Crippen LogP contribution is 2.49. The number of carbonyl (C=O) groups is 1. The monoisotopic (exact) mass is 318 g/mol. The van der Waals surface area contributed by atoms with Crippen LogP contribution in [0.5, 0.6) is 0 Å². The fourth-order valence-electron chi connectivity index (χ4n) is 2.28. The van der Waals surface area contributed by atoms with Crippen LogP contribution in [0.3, 0.4) is 0 Å². The van der Waals surface area contributed by atoms with Gasteiger partial charge in [0, 0.05) is 23.9 Å². The second-order valence-corrected chi connectivity index (χ2v) is 6.83. The molecule has 0 aliphatic heterocycles. The van der Waals surface area contributed by atoms with Gasteiger partial charge in [0.25, 0.3) is 0 Å². The Morgan fingerprint density at radius 2 is 1.95 bits per heavy atom. The van der Waals surface area contributed by atoms with E-state index >= 15 is 0 Å². The van der Waals surface area contributed by atoms with Crippen LogP contribution >= 0.6 is 0 Å². The van der Waals surface area contributed by atoms with Crippen molar-refractivity contribution in [3.63, 3.8) is 0 Å². The molecule has 2 rings (SSSR count). The summed E-state index contributed by atoms with van der Waals surface area (Å²) in [6.07, 6.45) is 0.592. The van der Waals surface area contributed by atoms with E-state index in [0.717, 1.165) is 12.1 Å². The molecule has 0 heterocycles. The molecule has 1 aliphatic rings. The van der Waals surface area contributed by atoms with Crippen molar-refractivity contribution in [1.82, 2.24) is 5.32 Å². The molecular formula is C13H16F2N2O3S. The minimum absolute atomic E-state index is 0.0535. The van der Waals surface area contributed by atoms with Crippen LogP contribution in [0.1, 0.15) is 24.3 Å². The van der Waals surface area contributed by atoms with Gasteiger partial charge < -0.3 is 5.32 Å². The van der Waals surface area contributed by atoms with Crippen molar-refractivity contribution in [2.75, 3.05) is 12.3 Å². The maximum Gasteiger partial charge on any atom is 0.223 e. The van der Waals surface area contributed by atoms with Gasteiger partial charge >= 0.3 is 0 Å². The van der Waals surface area contributed by atoms with E-state index in [9.17, 15) is 22.0 Å². The largest absolute Gasteiger partial charge is 0.356 e. The van der Waals surface area contributed by atoms with Crippen LogP contribution in [0.15, 0.2) is 18.2 Å². The molecule has 8 heteroatoms. The topological polar surface area (TPSA) is 89.3 Å². The molecule has 3 N–H and O–H groups in total. The fraction of sp³-hybridized carbons (Fsp3) is 0.462. The van der Waals surface area contributed by atoms with Gasteiger partial charge in [-0.2, -0.15) is 0 Å². The lowest BCUT2D eigenvalue weighted by Crippen LogP contribution is -2.28. The summed E-state index contributed by atoms with van der Waals surface area (Å²) in [5.41, 5.74) is -0.0535. The minimum atomic E-state index is -3.54. The SMILES string of the molecule is NS(=O)(=O)CCCNC(=O)[C@H]1C[C@@H]1c1c(F)cccc1F. The number of hydrogen-bond donors (Lipinski definition) is 2. The van der Waals surface area contributed by atoms with E-state index in [4.69, 9.17) is 5.14 Å². The lowest BCUT2D eigenvalue weighted by atomic mass is 10.1. The highest BCUT2D eigenvalue weighted by molar-refractivity contribution is 7.89. The molecule has 0 saturated heterocycles. The number of benzene rings is 1. The molecule has 0 spiro atoms. The number of nitrogens with two attached hydrogens (primary N) is 1. The number of hydrogen-bond acceptors (Lipinski definition) is 3. The quantitative estimate of drug-likeness (QED) is 0.763. The third kappa shape index (κ3) is 4.21. The predicted octanol–water partition coefficient (Wildman–Crippen LogP) is 0.863. The van der Waals surface area contributed by atoms with Crippen LogP contribution in [0, 0.1) is 17.6 Å². The van der Waals surface area contributed by atoms with Crippen LogP contribution in [0.25, 0.3) is 0 Å². The summed E-state index contributed by atoms with van der Waals surface area (Å²) >= 11 is 0. The Labute approximate surface area is 121 Å². The molecule has 0 aromatic heterocycles. The molecule has 0 bridgehead atoms. The Morgan fingerprint density at radius 3 is 2.52 bits per heavy atom. The van der Waals surface area contributed by atoms with Gasteiger partial charge in [-0.1, -0.05) is 6.07 Å². The van der Waals surface area contributed by atoms with Gasteiger partial charge in [-0.05, 0) is 25.0 Å². The summed E-state index contributed by atoms with van der Waals surface area (Å²) in [5, 5.41) is 7.38. The van der Waals surface area contributed by atoms with Crippen molar-refractivity contribution in [3.8, 4) is 0 Å². The van der Waals surface area contributed by atoms with E-state index in [1.807, 2.05) is 0 Å². The third-order valence-electron chi connectivity index (χ3n) is 3.40. The zero-order valence-electron chi connectivity index (χ0n) is 11.2. The normalized spacial score (nSPS) is 21.1. The highest BCUT2D eigenvalue weighted by Gasteiger charge is 2.46. The molecular weight excluding hydrogens is 302 g/mol. The van der Waals surface area contributed by atoms with Crippen LogP contribution in [0.2, 0.25) is 0 Å². The first-order valence-corrected chi connectivity index (χ1v) is 8.23. The smallest absolute Gasteiger partial charge is 0.223 e. The lowest BCUT2D eigenvalue weighted by molar-refractivity contribution is -0.122. The number of carbonyl (C=O) groups excluding carboxylic acids is 1. The van der Waals surface area contributed by atoms with E-state index in [1.54, 1.807) is 0 Å². The molecule has 1 saturated carbocycles. The van der Waals surface area contributed by atoms with Crippen molar-refractivity contribution >= 4 is 15.9 Å². The van der Waals surface area contributed by atoms with E-state index in [-0.39, 0.29) is 30.2 Å². The summed E-state index contributed by atoms with van der Waals surface area (Å²) in [5.74, 6) is -2.76. The minimum Gasteiger partial charge on any atom is -0.356 e. The molecule has 0 radical (unpaired) electrons. The average Bonchev–Trinajstić information content (AvgIpc) is 3.13. The molecule has 1 fully saturated rings. The maximum atomic E-state index is 13.6. The van der Waals surface area contributed by atoms with E-state index in [1.165, 1.54) is 6.07 Å². The first-order valence-electron chi connectivity index (χ1n) is 6.51. The van der Waals surface area contributed by atoms with Crippen molar-refractivity contribution < 1.29 is 22.0 Å². The van der Waals surface area contributed by atoms with Gasteiger partial charge in [0.15, 0.2) is 0 Å². The number of sulfonamides is 1. The van der Waals surface area contributed by atoms with E-state index < -0.39 is 33.5 Å². The van der Waals surface area contributed by atoms with Crippen molar-refractivity contribution in [2.45, 2.75) is 18.8 Å². The van der Waals surface area contributed by atoms with Gasteiger partial charge in [0.05, 0.1) is 5.75 Å². The summed E-state index contributed by atoms with van der Waals surface area (Å²) in [6.45, 7) is 0.165. The molecule has 1 amide bonds. The van der Waals surface area contributed by atoms with E-state index in [2.05, 4.69) is 5.32 Å². The number of halogens is 2. The number of primary sulfonamides is 1. The summed E-state index contributed by atoms with van der Waals surface area (Å²) < 4.78 is 48.6. The van der Waals surface area contributed by atoms with Gasteiger partial charge in [0.2, 0.25) is 15.9 Å². The summed E-state index contributed by atoms with van der Waals surface area (Å²) in [6, 6.07) is 3.61. The highest BCUT2D eigenvalue weighted by atomic mass is 32.2. The lowest BCUT2D eigenvalue weighted by Gasteiger charge is -2.06. The van der Waals surface area contributed by atoms with Gasteiger partial charge in [-0.3, -0.25) is 4.79 Å².